The van der Waals surface area contributed by atoms with Crippen LogP contribution in [-0.4, -0.2) is 31.7 Å². The molecule has 1 atom stereocenters. The first-order valence-electron chi connectivity index (χ1n) is 6.33. The van der Waals surface area contributed by atoms with Crippen LogP contribution in [0, 0.1) is 0 Å². The monoisotopic (exact) mass is 366 g/mol. The normalized spacial score (nSPS) is 19.3. The quantitative estimate of drug-likeness (QED) is 0.864. The summed E-state index contributed by atoms with van der Waals surface area (Å²) in [5.41, 5.74) is -0.704. The number of carbonyl (C=O) groups excluding carboxylic acids is 1. The molecule has 2 rings (SSSR count). The molecule has 1 aliphatic rings. The lowest BCUT2D eigenvalue weighted by atomic mass is 10.1. The van der Waals surface area contributed by atoms with E-state index in [4.69, 9.17) is 4.74 Å². The van der Waals surface area contributed by atoms with E-state index in [0.717, 1.165) is 12.1 Å². The van der Waals surface area contributed by atoms with E-state index in [-0.39, 0.29) is 28.5 Å². The molecule has 1 unspecified atom stereocenters. The third-order valence-electron chi connectivity index (χ3n) is 2.94. The van der Waals surface area contributed by atoms with Crippen LogP contribution < -0.4 is 10.6 Å². The van der Waals surface area contributed by atoms with Gasteiger partial charge in [-0.25, -0.2) is 0 Å². The van der Waals surface area contributed by atoms with E-state index in [1.807, 2.05) is 0 Å². The fourth-order valence-electron chi connectivity index (χ4n) is 2.01. The van der Waals surface area contributed by atoms with Crippen LogP contribution in [0.15, 0.2) is 22.7 Å². The number of rotatable bonds is 3. The zero-order chi connectivity index (χ0) is 15.5. The van der Waals surface area contributed by atoms with Gasteiger partial charge in [0.25, 0.3) is 0 Å². The van der Waals surface area contributed by atoms with E-state index in [9.17, 15) is 18.0 Å². The van der Waals surface area contributed by atoms with Gasteiger partial charge in [0, 0.05) is 29.2 Å². The molecule has 1 aliphatic heterocycles. The highest BCUT2D eigenvalue weighted by atomic mass is 79.9. The van der Waals surface area contributed by atoms with Crippen molar-refractivity contribution in [2.24, 2.45) is 0 Å². The number of anilines is 1. The van der Waals surface area contributed by atoms with Crippen molar-refractivity contribution < 1.29 is 22.7 Å². The van der Waals surface area contributed by atoms with E-state index in [1.165, 1.54) is 6.07 Å². The van der Waals surface area contributed by atoms with E-state index in [2.05, 4.69) is 26.6 Å². The van der Waals surface area contributed by atoms with E-state index >= 15 is 0 Å². The van der Waals surface area contributed by atoms with Gasteiger partial charge < -0.3 is 15.4 Å². The van der Waals surface area contributed by atoms with Crippen molar-refractivity contribution in [1.82, 2.24) is 5.32 Å². The molecule has 0 bridgehead atoms. The van der Waals surface area contributed by atoms with Gasteiger partial charge in [0.15, 0.2) is 0 Å². The molecule has 1 amide bonds. The van der Waals surface area contributed by atoms with Crippen LogP contribution in [0.2, 0.25) is 0 Å². The lowest BCUT2D eigenvalue weighted by Gasteiger charge is -2.23. The van der Waals surface area contributed by atoms with Gasteiger partial charge in [-0.2, -0.15) is 13.2 Å². The Bertz CT molecular complexity index is 517. The molecule has 1 heterocycles. The molecule has 8 heteroatoms. The summed E-state index contributed by atoms with van der Waals surface area (Å²) in [4.78, 5) is 11.8. The predicted octanol–water partition coefficient (Wildman–Crippen LogP) is 2.78. The second-order valence-corrected chi connectivity index (χ2v) is 5.62. The van der Waals surface area contributed by atoms with Gasteiger partial charge >= 0.3 is 6.18 Å². The fraction of sp³-hybridized carbons (Fsp3) is 0.462. The summed E-state index contributed by atoms with van der Waals surface area (Å²) < 4.78 is 43.6. The molecule has 0 saturated carbocycles. The summed E-state index contributed by atoms with van der Waals surface area (Å²) in [5.74, 6) is -0.357. The first-order chi connectivity index (χ1) is 9.84. The molecular weight excluding hydrogens is 353 g/mol. The second-order valence-electron chi connectivity index (χ2n) is 4.70. The van der Waals surface area contributed by atoms with Crippen LogP contribution in [0.4, 0.5) is 18.9 Å². The Labute approximate surface area is 128 Å². The summed E-state index contributed by atoms with van der Waals surface area (Å²) in [5, 5.41) is 5.59. The summed E-state index contributed by atoms with van der Waals surface area (Å²) >= 11 is 3.01. The molecule has 2 N–H and O–H groups in total. The van der Waals surface area contributed by atoms with Crippen LogP contribution in [0.25, 0.3) is 0 Å². The molecule has 1 aromatic carbocycles. The van der Waals surface area contributed by atoms with Crippen molar-refractivity contribution in [3.8, 4) is 0 Å². The van der Waals surface area contributed by atoms with Crippen molar-refractivity contribution in [1.29, 1.82) is 0 Å². The highest BCUT2D eigenvalue weighted by Crippen LogP contribution is 2.33. The van der Waals surface area contributed by atoms with E-state index in [1.54, 1.807) is 0 Å². The van der Waals surface area contributed by atoms with Gasteiger partial charge in [-0.1, -0.05) is 15.9 Å². The van der Waals surface area contributed by atoms with Crippen molar-refractivity contribution in [2.45, 2.75) is 18.6 Å². The Morgan fingerprint density at radius 2 is 2.19 bits per heavy atom. The summed E-state index contributed by atoms with van der Waals surface area (Å²) in [6.07, 6.45) is -4.31. The second kappa shape index (κ2) is 6.76. The SMILES string of the molecule is O=C(CC1COCCN1)Nc1cc(Br)cc(C(F)(F)F)c1. The van der Waals surface area contributed by atoms with Gasteiger partial charge in [-0.3, -0.25) is 4.79 Å². The number of hydrogen-bond donors (Lipinski definition) is 2. The number of carbonyl (C=O) groups is 1. The number of nitrogens with one attached hydrogen (secondary N) is 2. The Balaban J connectivity index is 2.01. The van der Waals surface area contributed by atoms with Gasteiger partial charge in [0.1, 0.15) is 0 Å². The zero-order valence-electron chi connectivity index (χ0n) is 11.0. The number of hydrogen-bond acceptors (Lipinski definition) is 3. The summed E-state index contributed by atoms with van der Waals surface area (Å²) in [6.45, 7) is 1.67. The number of benzene rings is 1. The average molecular weight is 367 g/mol. The first kappa shape index (κ1) is 16.3. The first-order valence-corrected chi connectivity index (χ1v) is 7.12. The number of amides is 1. The number of morpholine rings is 1. The highest BCUT2D eigenvalue weighted by molar-refractivity contribution is 9.10. The van der Waals surface area contributed by atoms with Gasteiger partial charge in [-0.15, -0.1) is 0 Å². The van der Waals surface area contributed by atoms with Crippen LogP contribution in [0.3, 0.4) is 0 Å². The molecular formula is C13H14BrF3N2O2. The lowest BCUT2D eigenvalue weighted by Crippen LogP contribution is -2.43. The minimum Gasteiger partial charge on any atom is -0.378 e. The zero-order valence-corrected chi connectivity index (χ0v) is 12.6. The number of alkyl halides is 3. The highest BCUT2D eigenvalue weighted by Gasteiger charge is 2.31. The molecule has 0 spiro atoms. The van der Waals surface area contributed by atoms with Crippen LogP contribution in [0.1, 0.15) is 12.0 Å². The average Bonchev–Trinajstić information content (AvgIpc) is 2.37. The predicted molar refractivity (Wildman–Crippen MR) is 75.0 cm³/mol. The van der Waals surface area contributed by atoms with Crippen molar-refractivity contribution in [3.05, 3.63) is 28.2 Å². The van der Waals surface area contributed by atoms with E-state index in [0.29, 0.717) is 19.8 Å². The maximum absolute atomic E-state index is 12.7. The third-order valence-corrected chi connectivity index (χ3v) is 3.40. The van der Waals surface area contributed by atoms with Crippen molar-refractivity contribution >= 4 is 27.5 Å². The third kappa shape index (κ3) is 4.98. The molecule has 1 saturated heterocycles. The molecule has 4 nitrogen and oxygen atoms in total. The number of ether oxygens (including phenoxy) is 1. The van der Waals surface area contributed by atoms with Crippen molar-refractivity contribution in [2.75, 3.05) is 25.1 Å². The summed E-state index contributed by atoms with van der Waals surface area (Å²) in [6, 6.07) is 3.19. The maximum atomic E-state index is 12.7. The van der Waals surface area contributed by atoms with E-state index < -0.39 is 11.7 Å². The fourth-order valence-corrected chi connectivity index (χ4v) is 2.51. The molecule has 21 heavy (non-hydrogen) atoms. The lowest BCUT2D eigenvalue weighted by molar-refractivity contribution is -0.137. The Hall–Kier alpha value is -1.12. The standard InChI is InChI=1S/C13H14BrF3N2O2/c14-9-3-8(13(15,16)17)4-10(5-9)19-12(20)6-11-7-21-2-1-18-11/h3-5,11,18H,1-2,6-7H2,(H,19,20). The Kier molecular flexibility index (Phi) is 5.23. The van der Waals surface area contributed by atoms with Crippen LogP contribution in [-0.2, 0) is 15.7 Å². The molecule has 1 fully saturated rings. The molecule has 0 aliphatic carbocycles. The molecule has 116 valence electrons. The van der Waals surface area contributed by atoms with Crippen molar-refractivity contribution in [3.63, 3.8) is 0 Å². The molecule has 0 aromatic heterocycles. The Morgan fingerprint density at radius 1 is 1.43 bits per heavy atom. The smallest absolute Gasteiger partial charge is 0.378 e. The molecule has 1 aromatic rings. The molecule has 0 radical (unpaired) electrons. The van der Waals surface area contributed by atoms with Gasteiger partial charge in [-0.05, 0) is 18.2 Å². The summed E-state index contributed by atoms with van der Waals surface area (Å²) in [7, 11) is 0. The van der Waals surface area contributed by atoms with Crippen LogP contribution >= 0.6 is 15.9 Å². The maximum Gasteiger partial charge on any atom is 0.416 e. The van der Waals surface area contributed by atoms with Crippen LogP contribution in [0.5, 0.6) is 0 Å². The minimum absolute atomic E-state index is 0.110. The van der Waals surface area contributed by atoms with Gasteiger partial charge in [0.05, 0.1) is 18.8 Å². The minimum atomic E-state index is -4.46. The van der Waals surface area contributed by atoms with Gasteiger partial charge in [0.2, 0.25) is 5.91 Å². The number of halogens is 4. The largest absolute Gasteiger partial charge is 0.416 e. The topological polar surface area (TPSA) is 50.4 Å². The Morgan fingerprint density at radius 3 is 2.81 bits per heavy atom.